The molecule has 0 saturated carbocycles. The van der Waals surface area contributed by atoms with Crippen LogP contribution in [0.5, 0.6) is 0 Å². The lowest BCUT2D eigenvalue weighted by molar-refractivity contribution is 0.217. The van der Waals surface area contributed by atoms with Gasteiger partial charge in [0.15, 0.2) is 0 Å². The molecule has 3 nitrogen and oxygen atoms in total. The fourth-order valence-electron chi connectivity index (χ4n) is 0. The smallest absolute Gasteiger partial charge is 0.264 e. The Morgan fingerprint density at radius 2 is 2.25 bits per heavy atom. The standard InChI is InChI=1S/CHNO2/c3-1-2-4/h4H. The van der Waals surface area contributed by atoms with Gasteiger partial charge in [-0.2, -0.15) is 0 Å². The molecule has 22 valence electrons. The van der Waals surface area contributed by atoms with Gasteiger partial charge in [0, 0.05) is 0 Å². The molecule has 0 aliphatic rings. The van der Waals surface area contributed by atoms with Gasteiger partial charge in [-0.15, -0.1) is 0 Å². The predicted octanol–water partition coefficient (Wildman–Crippen LogP) is -0.953. The van der Waals surface area contributed by atoms with Gasteiger partial charge in [0.2, 0.25) is 0 Å². The zero-order chi connectivity index (χ0) is 3.41. The van der Waals surface area contributed by atoms with Crippen LogP contribution in [0.1, 0.15) is 0 Å². The van der Waals surface area contributed by atoms with Crippen LogP contribution in [0.15, 0.2) is 0 Å². The van der Waals surface area contributed by atoms with Crippen molar-refractivity contribution in [1.29, 1.82) is 0 Å². The Hall–Kier alpha value is -0.570. The number of hydrogen-bond acceptors (Lipinski definition) is 2. The Labute approximate surface area is 23.2 Å². The van der Waals surface area contributed by atoms with E-state index in [9.17, 15) is 0 Å². The SMILES string of the molecule is O=[C][N]O. The van der Waals surface area contributed by atoms with Gasteiger partial charge in [-0.05, 0) is 0 Å². The summed E-state index contributed by atoms with van der Waals surface area (Å²) in [6, 6.07) is 0. The highest BCUT2D eigenvalue weighted by Crippen LogP contribution is 1.16. The van der Waals surface area contributed by atoms with E-state index in [1.165, 1.54) is 0 Å². The second-order valence-electron chi connectivity index (χ2n) is 0.191. The molecule has 3 heteroatoms. The minimum Gasteiger partial charge on any atom is -0.264 e. The number of amides is 1. The Balaban J connectivity index is 2.30. The van der Waals surface area contributed by atoms with Crippen LogP contribution in [-0.4, -0.2) is 11.6 Å². The number of nitrogens with zero attached hydrogens (tertiary/aromatic N) is 1. The monoisotopic (exact) mass is 59.0 g/mol. The van der Waals surface area contributed by atoms with E-state index >= 15 is 0 Å². The molecule has 1 amide bonds. The van der Waals surface area contributed by atoms with Gasteiger partial charge in [0.1, 0.15) is 0 Å². The molecule has 4 heavy (non-hydrogen) atoms. The van der Waals surface area contributed by atoms with Gasteiger partial charge in [0.25, 0.3) is 0 Å². The third-order valence-electron chi connectivity index (χ3n) is 0.0408. The van der Waals surface area contributed by atoms with Gasteiger partial charge in [-0.1, -0.05) is 5.48 Å². The van der Waals surface area contributed by atoms with Crippen molar-refractivity contribution in [3.8, 4) is 0 Å². The van der Waals surface area contributed by atoms with E-state index in [-0.39, 0.29) is 0 Å². The van der Waals surface area contributed by atoms with Crippen LogP contribution in [0.4, 0.5) is 0 Å². The molecule has 0 fully saturated rings. The molecule has 1 N–H and O–H groups in total. The summed E-state index contributed by atoms with van der Waals surface area (Å²) in [6.45, 7) is 0. The third kappa shape index (κ3) is 1.43. The van der Waals surface area contributed by atoms with E-state index in [0.717, 1.165) is 6.41 Å². The van der Waals surface area contributed by atoms with Crippen LogP contribution < -0.4 is 5.48 Å². The van der Waals surface area contributed by atoms with E-state index < -0.39 is 0 Å². The molecule has 2 radical (unpaired) electrons. The lowest BCUT2D eigenvalue weighted by atomic mass is 11.5. The average molecular weight is 59.0 g/mol. The Bertz CT molecular complexity index is 20.0. The Morgan fingerprint density at radius 3 is 2.25 bits per heavy atom. The number of hydroxylamine groups is 1. The molecule has 0 saturated heterocycles. The first-order chi connectivity index (χ1) is 1.91. The van der Waals surface area contributed by atoms with Crippen molar-refractivity contribution in [2.45, 2.75) is 0 Å². The lowest BCUT2D eigenvalue weighted by Gasteiger charge is -1.54. The summed E-state index contributed by atoms with van der Waals surface area (Å²) in [7, 11) is 0. The number of rotatable bonds is 1. The first-order valence-corrected chi connectivity index (χ1v) is 0.628. The maximum Gasteiger partial charge on any atom is 0.361 e. The van der Waals surface area contributed by atoms with Crippen molar-refractivity contribution in [3.63, 3.8) is 0 Å². The van der Waals surface area contributed by atoms with Crippen molar-refractivity contribution in [2.24, 2.45) is 0 Å². The maximum atomic E-state index is 8.63. The van der Waals surface area contributed by atoms with Gasteiger partial charge >= 0.3 is 6.41 Å². The maximum absolute atomic E-state index is 8.63. The molecule has 0 spiro atoms. The van der Waals surface area contributed by atoms with E-state index in [2.05, 4.69) is 0 Å². The normalized spacial score (nSPS) is 5.25. The van der Waals surface area contributed by atoms with Crippen molar-refractivity contribution >= 4 is 6.41 Å². The van der Waals surface area contributed by atoms with Crippen LogP contribution >= 0.6 is 0 Å². The minimum atomic E-state index is 0.861. The largest absolute Gasteiger partial charge is 0.361 e. The van der Waals surface area contributed by atoms with Crippen LogP contribution in [0.3, 0.4) is 0 Å². The summed E-state index contributed by atoms with van der Waals surface area (Å²) in [5.74, 6) is 0. The molecule has 0 aliphatic carbocycles. The van der Waals surface area contributed by atoms with Crippen molar-refractivity contribution in [1.82, 2.24) is 5.48 Å². The molecule has 0 aliphatic heterocycles. The Kier molecular flexibility index (Phi) is 2.08. The summed E-state index contributed by atoms with van der Waals surface area (Å²) >= 11 is 0. The molecule has 0 rings (SSSR count). The highest BCUT2D eigenvalue weighted by atomic mass is 16.5. The van der Waals surface area contributed by atoms with Gasteiger partial charge in [0.05, 0.1) is 0 Å². The first kappa shape index (κ1) is 3.43. The van der Waals surface area contributed by atoms with Gasteiger partial charge in [-0.3, -0.25) is 10.0 Å². The molecule has 0 heterocycles. The second-order valence-corrected chi connectivity index (χ2v) is 0.191. The molecule has 0 aromatic carbocycles. The van der Waals surface area contributed by atoms with Crippen LogP contribution in [0.25, 0.3) is 0 Å². The highest BCUT2D eigenvalue weighted by molar-refractivity contribution is 5.44. The number of carbonyl (C=O) groups excluding carboxylic acids is 1. The van der Waals surface area contributed by atoms with Crippen molar-refractivity contribution in [3.05, 3.63) is 0 Å². The topological polar surface area (TPSA) is 51.4 Å². The first-order valence-electron chi connectivity index (χ1n) is 0.628. The van der Waals surface area contributed by atoms with E-state index in [4.69, 9.17) is 10.0 Å². The quantitative estimate of drug-likeness (QED) is 0.312. The summed E-state index contributed by atoms with van der Waals surface area (Å²) in [5, 5.41) is 7.08. The van der Waals surface area contributed by atoms with Gasteiger partial charge in [-0.25, -0.2) is 0 Å². The summed E-state index contributed by atoms with van der Waals surface area (Å²) in [4.78, 5) is 8.63. The molecular formula is CHNO2. The minimum absolute atomic E-state index is 0.861. The molecular weight excluding hydrogens is 58.0 g/mol. The average Bonchev–Trinajstić information content (AvgIpc) is 1.37. The van der Waals surface area contributed by atoms with Gasteiger partial charge < -0.3 is 0 Å². The highest BCUT2D eigenvalue weighted by Gasteiger charge is 1.55. The zero-order valence-corrected chi connectivity index (χ0v) is 1.80. The Morgan fingerprint density at radius 1 is 2.00 bits per heavy atom. The van der Waals surface area contributed by atoms with Crippen LogP contribution in [-0.2, 0) is 4.79 Å². The third-order valence-corrected chi connectivity index (χ3v) is 0.0408. The summed E-state index contributed by atoms with van der Waals surface area (Å²) in [6.07, 6.45) is 0.861. The molecule has 0 aromatic rings. The molecule has 0 unspecified atom stereocenters. The van der Waals surface area contributed by atoms with Crippen molar-refractivity contribution in [2.75, 3.05) is 0 Å². The summed E-state index contributed by atoms with van der Waals surface area (Å²) < 4.78 is 0. The van der Waals surface area contributed by atoms with Crippen molar-refractivity contribution < 1.29 is 10.0 Å². The van der Waals surface area contributed by atoms with Crippen LogP contribution in [0, 0.1) is 0 Å². The van der Waals surface area contributed by atoms with E-state index in [1.54, 1.807) is 0 Å². The molecule has 0 aromatic heterocycles. The lowest BCUT2D eigenvalue weighted by Crippen LogP contribution is -1.87. The second kappa shape index (κ2) is 2.43. The van der Waals surface area contributed by atoms with E-state index in [1.807, 2.05) is 5.48 Å². The fourth-order valence-corrected chi connectivity index (χ4v) is 0. The summed E-state index contributed by atoms with van der Waals surface area (Å²) in [5.41, 5.74) is 1.93. The predicted molar refractivity (Wildman–Crippen MR) is 9.61 cm³/mol. The zero-order valence-electron chi connectivity index (χ0n) is 1.80. The van der Waals surface area contributed by atoms with Crippen LogP contribution in [0.2, 0.25) is 0 Å². The van der Waals surface area contributed by atoms with E-state index in [0.29, 0.717) is 0 Å². The number of hydrogen-bond donors (Lipinski definition) is 1. The molecule has 0 atom stereocenters. The fraction of sp³-hybridized carbons (Fsp3) is 0. The molecule has 0 bridgehead atoms.